The van der Waals surface area contributed by atoms with Gasteiger partial charge in [-0.05, 0) is 60.0 Å². The highest BCUT2D eigenvalue weighted by Gasteiger charge is 2.34. The number of carbonyl (C=O) groups is 4. The highest BCUT2D eigenvalue weighted by Crippen LogP contribution is 2.23. The molecule has 1 saturated heterocycles. The van der Waals surface area contributed by atoms with Crippen molar-refractivity contribution in [2.24, 2.45) is 0 Å². The van der Waals surface area contributed by atoms with Crippen LogP contribution in [0.3, 0.4) is 0 Å². The highest BCUT2D eigenvalue weighted by atomic mass is 16.4. The van der Waals surface area contributed by atoms with E-state index in [1.807, 2.05) is 25.1 Å². The lowest BCUT2D eigenvalue weighted by atomic mass is 10.0. The molecule has 3 aromatic carbocycles. The Bertz CT molecular complexity index is 1330. The lowest BCUT2D eigenvalue weighted by molar-refractivity contribution is -0.127. The van der Waals surface area contributed by atoms with E-state index in [-0.39, 0.29) is 11.3 Å². The number of urea groups is 1. The van der Waals surface area contributed by atoms with Gasteiger partial charge in [-0.2, -0.15) is 0 Å². The molecule has 0 saturated carbocycles. The number of carboxylic acid groups (broad SMARTS) is 1. The summed E-state index contributed by atoms with van der Waals surface area (Å²) in [7, 11) is 0. The number of anilines is 1. The third kappa shape index (κ3) is 5.02. The molecule has 0 unspecified atom stereocenters. The average molecular weight is 455 g/mol. The summed E-state index contributed by atoms with van der Waals surface area (Å²) < 4.78 is 0. The molecule has 0 aliphatic carbocycles. The molecule has 0 aromatic heterocycles. The van der Waals surface area contributed by atoms with Gasteiger partial charge in [0, 0.05) is 5.69 Å². The first-order valence-corrected chi connectivity index (χ1v) is 10.4. The molecule has 4 amide bonds. The minimum absolute atomic E-state index is 0.0459. The zero-order valence-corrected chi connectivity index (χ0v) is 18.2. The number of nitrogens with one attached hydrogen (secondary N) is 2. The van der Waals surface area contributed by atoms with Gasteiger partial charge in [-0.1, -0.05) is 48.0 Å². The van der Waals surface area contributed by atoms with E-state index in [1.165, 1.54) is 12.1 Å². The maximum Gasteiger partial charge on any atom is 0.335 e. The Morgan fingerprint density at radius 2 is 1.65 bits per heavy atom. The van der Waals surface area contributed by atoms with Crippen LogP contribution in [0.2, 0.25) is 0 Å². The molecule has 8 heteroatoms. The molecule has 0 bridgehead atoms. The normalized spacial score (nSPS) is 14.3. The van der Waals surface area contributed by atoms with Crippen molar-refractivity contribution in [3.8, 4) is 11.1 Å². The van der Waals surface area contributed by atoms with Crippen molar-refractivity contribution in [3.63, 3.8) is 0 Å². The van der Waals surface area contributed by atoms with Crippen molar-refractivity contribution >= 4 is 35.6 Å². The number of benzene rings is 3. The number of nitrogens with zero attached hydrogens (tertiary/aromatic N) is 1. The number of aromatic carboxylic acids is 1. The van der Waals surface area contributed by atoms with Gasteiger partial charge in [0.2, 0.25) is 5.91 Å². The maximum atomic E-state index is 12.8. The van der Waals surface area contributed by atoms with Crippen LogP contribution in [0.4, 0.5) is 10.5 Å². The van der Waals surface area contributed by atoms with Gasteiger partial charge in [-0.15, -0.1) is 0 Å². The first-order valence-electron chi connectivity index (χ1n) is 10.4. The molecule has 1 aliphatic heterocycles. The first-order chi connectivity index (χ1) is 16.3. The number of amides is 4. The van der Waals surface area contributed by atoms with Crippen molar-refractivity contribution in [3.05, 3.63) is 95.2 Å². The molecule has 1 heterocycles. The molecule has 0 atom stereocenters. The fourth-order valence-corrected chi connectivity index (χ4v) is 3.50. The maximum absolute atomic E-state index is 12.8. The summed E-state index contributed by atoms with van der Waals surface area (Å²) >= 11 is 0. The molecular formula is C26H21N3O5. The number of imide groups is 1. The van der Waals surface area contributed by atoms with E-state index < -0.39 is 30.4 Å². The lowest BCUT2D eigenvalue weighted by Crippen LogP contribution is -2.38. The van der Waals surface area contributed by atoms with Gasteiger partial charge in [-0.3, -0.25) is 9.59 Å². The summed E-state index contributed by atoms with van der Waals surface area (Å²) in [5.41, 5.74) is 3.92. The quantitative estimate of drug-likeness (QED) is 0.385. The molecule has 1 fully saturated rings. The molecule has 8 nitrogen and oxygen atoms in total. The standard InChI is InChI=1S/C26H21N3O5/c1-16-8-10-21(11-9-16)27-23(30)15-29-24(31)22(28-26(29)34)13-17-4-2-5-18(12-17)19-6-3-7-20(14-19)25(32)33/h2-14H,15H2,1H3,(H,27,30)(H,28,34)(H,32,33). The van der Waals surface area contributed by atoms with Crippen LogP contribution < -0.4 is 10.6 Å². The summed E-state index contributed by atoms with van der Waals surface area (Å²) in [6, 6.07) is 20.1. The van der Waals surface area contributed by atoms with Crippen molar-refractivity contribution in [2.45, 2.75) is 6.92 Å². The molecule has 4 rings (SSSR count). The summed E-state index contributed by atoms with van der Waals surface area (Å²) in [6.45, 7) is 1.51. The average Bonchev–Trinajstić information content (AvgIpc) is 3.08. The molecule has 3 N–H and O–H groups in total. The molecular weight excluding hydrogens is 434 g/mol. The van der Waals surface area contributed by atoms with E-state index in [1.54, 1.807) is 48.5 Å². The van der Waals surface area contributed by atoms with Crippen molar-refractivity contribution in [2.75, 3.05) is 11.9 Å². The van der Waals surface area contributed by atoms with Gasteiger partial charge in [-0.25, -0.2) is 14.5 Å². The Hall–Kier alpha value is -4.72. The van der Waals surface area contributed by atoms with E-state index in [2.05, 4.69) is 10.6 Å². The predicted molar refractivity (Wildman–Crippen MR) is 127 cm³/mol. The minimum Gasteiger partial charge on any atom is -0.478 e. The molecule has 1 aliphatic rings. The number of hydrogen-bond acceptors (Lipinski definition) is 4. The Labute approximate surface area is 195 Å². The van der Waals surface area contributed by atoms with Gasteiger partial charge in [0.1, 0.15) is 12.2 Å². The highest BCUT2D eigenvalue weighted by molar-refractivity contribution is 6.16. The van der Waals surface area contributed by atoms with Crippen molar-refractivity contribution < 1.29 is 24.3 Å². The predicted octanol–water partition coefficient (Wildman–Crippen LogP) is 3.89. The van der Waals surface area contributed by atoms with Gasteiger partial charge in [0.15, 0.2) is 0 Å². The van der Waals surface area contributed by atoms with Crippen molar-refractivity contribution in [1.29, 1.82) is 0 Å². The number of aryl methyl sites for hydroxylation is 1. The SMILES string of the molecule is Cc1ccc(NC(=O)CN2C(=O)NC(=Cc3cccc(-c4cccc(C(=O)O)c4)c3)C2=O)cc1. The lowest BCUT2D eigenvalue weighted by Gasteiger charge is -2.12. The zero-order valence-electron chi connectivity index (χ0n) is 18.2. The van der Waals surface area contributed by atoms with Crippen LogP contribution in [0.1, 0.15) is 21.5 Å². The van der Waals surface area contributed by atoms with Crippen LogP contribution in [0.15, 0.2) is 78.5 Å². The molecule has 0 spiro atoms. The van der Waals surface area contributed by atoms with E-state index >= 15 is 0 Å². The van der Waals surface area contributed by atoms with Crippen LogP contribution in [-0.4, -0.2) is 40.4 Å². The number of carbonyl (C=O) groups excluding carboxylic acids is 3. The van der Waals surface area contributed by atoms with Crippen LogP contribution in [0.5, 0.6) is 0 Å². The number of hydrogen-bond donors (Lipinski definition) is 3. The second-order valence-corrected chi connectivity index (χ2v) is 7.81. The van der Waals surface area contributed by atoms with Crippen LogP contribution >= 0.6 is 0 Å². The number of carboxylic acids is 1. The Kier molecular flexibility index (Phi) is 6.22. The monoisotopic (exact) mass is 455 g/mol. The first kappa shape index (κ1) is 22.5. The Balaban J connectivity index is 1.49. The molecule has 3 aromatic rings. The van der Waals surface area contributed by atoms with Crippen molar-refractivity contribution in [1.82, 2.24) is 10.2 Å². The molecule has 0 radical (unpaired) electrons. The largest absolute Gasteiger partial charge is 0.478 e. The molecule has 170 valence electrons. The van der Waals surface area contributed by atoms with Gasteiger partial charge >= 0.3 is 12.0 Å². The second-order valence-electron chi connectivity index (χ2n) is 7.81. The van der Waals surface area contributed by atoms with Crippen LogP contribution in [0, 0.1) is 6.92 Å². The second kappa shape index (κ2) is 9.41. The summed E-state index contributed by atoms with van der Waals surface area (Å²) in [5.74, 6) is -2.12. The van der Waals surface area contributed by atoms with Gasteiger partial charge in [0.25, 0.3) is 5.91 Å². The van der Waals surface area contributed by atoms with Gasteiger partial charge < -0.3 is 15.7 Å². The van der Waals surface area contributed by atoms with E-state index in [0.29, 0.717) is 16.8 Å². The summed E-state index contributed by atoms with van der Waals surface area (Å²) in [5, 5.41) is 14.4. The van der Waals surface area contributed by atoms with Crippen LogP contribution in [-0.2, 0) is 9.59 Å². The third-order valence-corrected chi connectivity index (χ3v) is 5.24. The Morgan fingerprint density at radius 3 is 2.35 bits per heavy atom. The topological polar surface area (TPSA) is 116 Å². The summed E-state index contributed by atoms with van der Waals surface area (Å²) in [4.78, 5) is 49.5. The van der Waals surface area contributed by atoms with Gasteiger partial charge in [0.05, 0.1) is 5.56 Å². The van der Waals surface area contributed by atoms with E-state index in [4.69, 9.17) is 0 Å². The third-order valence-electron chi connectivity index (χ3n) is 5.24. The molecule has 34 heavy (non-hydrogen) atoms. The summed E-state index contributed by atoms with van der Waals surface area (Å²) in [6.07, 6.45) is 1.52. The van der Waals surface area contributed by atoms with E-state index in [9.17, 15) is 24.3 Å². The fraction of sp³-hybridized carbons (Fsp3) is 0.0769. The minimum atomic E-state index is -1.02. The smallest absolute Gasteiger partial charge is 0.335 e. The fourth-order valence-electron chi connectivity index (χ4n) is 3.50. The Morgan fingerprint density at radius 1 is 0.971 bits per heavy atom. The van der Waals surface area contributed by atoms with Crippen LogP contribution in [0.25, 0.3) is 17.2 Å². The van der Waals surface area contributed by atoms with E-state index in [0.717, 1.165) is 16.0 Å². The number of rotatable bonds is 6. The zero-order chi connectivity index (χ0) is 24.2.